The maximum absolute atomic E-state index is 11.9. The third kappa shape index (κ3) is 2.47. The molecule has 1 N–H and O–H groups in total. The van der Waals surface area contributed by atoms with Crippen LogP contribution in [0.2, 0.25) is 5.02 Å². The molecule has 29 heavy (non-hydrogen) atoms. The highest BCUT2D eigenvalue weighted by atomic mass is 35.5. The average Bonchev–Trinajstić information content (AvgIpc) is 3.38. The number of halogens is 1. The van der Waals surface area contributed by atoms with Gasteiger partial charge in [-0.2, -0.15) is 0 Å². The summed E-state index contributed by atoms with van der Waals surface area (Å²) in [5.41, 5.74) is 5.39. The molecule has 0 unspecified atom stereocenters. The Bertz CT molecular complexity index is 1050. The topological polar surface area (TPSA) is 40.5 Å². The zero-order valence-electron chi connectivity index (χ0n) is 16.0. The lowest BCUT2D eigenvalue weighted by atomic mass is 9.70. The van der Waals surface area contributed by atoms with Crippen molar-refractivity contribution < 1.29 is 9.90 Å². The number of carboxylic acids is 1. The third-order valence-electron chi connectivity index (χ3n) is 7.31. The number of aromatic carboxylic acids is 1. The first-order valence-electron chi connectivity index (χ1n) is 10.4. The summed E-state index contributed by atoms with van der Waals surface area (Å²) in [4.78, 5) is 14.5. The summed E-state index contributed by atoms with van der Waals surface area (Å²) < 4.78 is 0. The predicted molar refractivity (Wildman–Crippen MR) is 115 cm³/mol. The van der Waals surface area contributed by atoms with Crippen LogP contribution < -0.4 is 4.90 Å². The van der Waals surface area contributed by atoms with E-state index in [1.807, 2.05) is 24.3 Å². The molecule has 0 spiro atoms. The molecular weight excluding hydrogens is 382 g/mol. The molecule has 146 valence electrons. The van der Waals surface area contributed by atoms with Crippen LogP contribution in [-0.4, -0.2) is 17.6 Å². The van der Waals surface area contributed by atoms with Crippen molar-refractivity contribution in [1.29, 1.82) is 0 Å². The quantitative estimate of drug-likeness (QED) is 0.631. The van der Waals surface area contributed by atoms with Crippen LogP contribution in [0, 0.1) is 11.8 Å². The minimum Gasteiger partial charge on any atom is -0.478 e. The maximum Gasteiger partial charge on any atom is 0.335 e. The number of rotatable bonds is 2. The summed E-state index contributed by atoms with van der Waals surface area (Å²) in [6.45, 7) is 1.01. The Hall–Kier alpha value is -2.52. The molecule has 0 aromatic heterocycles. The molecule has 0 fully saturated rings. The largest absolute Gasteiger partial charge is 0.478 e. The van der Waals surface area contributed by atoms with Crippen LogP contribution in [0.4, 0.5) is 5.69 Å². The lowest BCUT2D eigenvalue weighted by Crippen LogP contribution is -2.46. The molecule has 2 aromatic rings. The molecular formula is C25H22ClNO2. The first-order chi connectivity index (χ1) is 14.1. The molecule has 0 saturated heterocycles. The standard InChI is InChI=1S/C25H22ClNO2/c26-17-9-7-14(8-10-17)23-20-6-2-5-19(20)22-12-16(25(28)29)11-21-18-4-1-3-15(18)13-27(23)24(21)22/h1-2,4-5,7-12,15,18-20,23H,3,6,13H2,(H,28,29)/t15-,18-,19-,20-,23+/m0/s1. The molecule has 5 atom stereocenters. The molecule has 0 amide bonds. The monoisotopic (exact) mass is 403 g/mol. The lowest BCUT2D eigenvalue weighted by molar-refractivity contribution is 0.0696. The normalized spacial score (nSPS) is 30.8. The van der Waals surface area contributed by atoms with Gasteiger partial charge in [0.2, 0.25) is 0 Å². The van der Waals surface area contributed by atoms with Crippen LogP contribution in [0.25, 0.3) is 0 Å². The molecule has 2 aliphatic carbocycles. The van der Waals surface area contributed by atoms with Gasteiger partial charge in [0, 0.05) is 29.1 Å². The number of anilines is 1. The number of benzene rings is 2. The Morgan fingerprint density at radius 1 is 1.00 bits per heavy atom. The molecule has 6 rings (SSSR count). The van der Waals surface area contributed by atoms with Crippen LogP contribution in [0.1, 0.15) is 57.8 Å². The number of allylic oxidation sites excluding steroid dienone is 4. The molecule has 4 aliphatic rings. The zero-order valence-corrected chi connectivity index (χ0v) is 16.7. The highest BCUT2D eigenvalue weighted by molar-refractivity contribution is 6.30. The Kier molecular flexibility index (Phi) is 3.73. The van der Waals surface area contributed by atoms with Crippen LogP contribution in [0.3, 0.4) is 0 Å². The summed E-state index contributed by atoms with van der Waals surface area (Å²) in [6.07, 6.45) is 11.2. The molecule has 2 aromatic carbocycles. The van der Waals surface area contributed by atoms with Crippen LogP contribution >= 0.6 is 11.6 Å². The van der Waals surface area contributed by atoms with E-state index in [2.05, 4.69) is 41.3 Å². The summed E-state index contributed by atoms with van der Waals surface area (Å²) in [7, 11) is 0. The van der Waals surface area contributed by atoms with Gasteiger partial charge in [-0.15, -0.1) is 0 Å². The summed E-state index contributed by atoms with van der Waals surface area (Å²) >= 11 is 6.18. The van der Waals surface area contributed by atoms with Gasteiger partial charge in [0.1, 0.15) is 0 Å². The second kappa shape index (κ2) is 6.24. The molecule has 4 heteroatoms. The minimum absolute atomic E-state index is 0.266. The predicted octanol–water partition coefficient (Wildman–Crippen LogP) is 5.93. The van der Waals surface area contributed by atoms with Crippen LogP contribution in [0.5, 0.6) is 0 Å². The second-order valence-corrected chi connectivity index (χ2v) is 9.20. The van der Waals surface area contributed by atoms with E-state index in [1.165, 1.54) is 22.4 Å². The van der Waals surface area contributed by atoms with Gasteiger partial charge in [0.15, 0.2) is 0 Å². The van der Waals surface area contributed by atoms with Gasteiger partial charge in [0.25, 0.3) is 0 Å². The van der Waals surface area contributed by atoms with Gasteiger partial charge in [-0.25, -0.2) is 4.79 Å². The van der Waals surface area contributed by atoms with E-state index < -0.39 is 5.97 Å². The zero-order chi connectivity index (χ0) is 19.7. The number of carboxylic acid groups (broad SMARTS) is 1. The van der Waals surface area contributed by atoms with E-state index in [0.29, 0.717) is 23.3 Å². The van der Waals surface area contributed by atoms with E-state index in [1.54, 1.807) is 0 Å². The molecule has 0 bridgehead atoms. The maximum atomic E-state index is 11.9. The fourth-order valence-electron chi connectivity index (χ4n) is 6.14. The third-order valence-corrected chi connectivity index (χ3v) is 7.56. The fraction of sp³-hybridized carbons (Fsp3) is 0.320. The van der Waals surface area contributed by atoms with Crippen LogP contribution in [-0.2, 0) is 0 Å². The van der Waals surface area contributed by atoms with E-state index in [9.17, 15) is 9.90 Å². The number of hydrogen-bond acceptors (Lipinski definition) is 2. The SMILES string of the molecule is O=C(O)c1cc2c3c(c1)[C@H]1C=CC[C@@H]1[C@@H](c1ccc(Cl)cc1)N3C[C@@H]1CC=C[C@H]21. The van der Waals surface area contributed by atoms with E-state index in [4.69, 9.17) is 11.6 Å². The van der Waals surface area contributed by atoms with Crippen molar-refractivity contribution in [3.63, 3.8) is 0 Å². The van der Waals surface area contributed by atoms with Gasteiger partial charge in [-0.1, -0.05) is 48.0 Å². The van der Waals surface area contributed by atoms with Crippen molar-refractivity contribution in [2.45, 2.75) is 30.7 Å². The highest BCUT2D eigenvalue weighted by Gasteiger charge is 2.48. The van der Waals surface area contributed by atoms with Gasteiger partial charge >= 0.3 is 5.97 Å². The van der Waals surface area contributed by atoms with Crippen molar-refractivity contribution in [3.05, 3.63) is 88.0 Å². The Labute approximate surface area is 175 Å². The fourth-order valence-corrected chi connectivity index (χ4v) is 6.26. The first-order valence-corrected chi connectivity index (χ1v) is 10.8. The minimum atomic E-state index is -0.835. The van der Waals surface area contributed by atoms with Crippen molar-refractivity contribution in [2.75, 3.05) is 11.4 Å². The van der Waals surface area contributed by atoms with Crippen molar-refractivity contribution >= 4 is 23.3 Å². The van der Waals surface area contributed by atoms with Crippen LogP contribution in [0.15, 0.2) is 60.7 Å². The molecule has 0 radical (unpaired) electrons. The first kappa shape index (κ1) is 17.3. The van der Waals surface area contributed by atoms with E-state index >= 15 is 0 Å². The molecule has 0 saturated carbocycles. The van der Waals surface area contributed by atoms with Crippen molar-refractivity contribution in [3.8, 4) is 0 Å². The summed E-state index contributed by atoms with van der Waals surface area (Å²) in [5, 5.41) is 10.5. The molecule has 2 heterocycles. The summed E-state index contributed by atoms with van der Waals surface area (Å²) in [5.74, 6) is 0.693. The van der Waals surface area contributed by atoms with Gasteiger partial charge in [-0.3, -0.25) is 0 Å². The van der Waals surface area contributed by atoms with Gasteiger partial charge < -0.3 is 10.0 Å². The highest BCUT2D eigenvalue weighted by Crippen LogP contribution is 2.58. The van der Waals surface area contributed by atoms with Crippen molar-refractivity contribution in [2.24, 2.45) is 11.8 Å². The number of nitrogens with zero attached hydrogens (tertiary/aromatic N) is 1. The summed E-state index contributed by atoms with van der Waals surface area (Å²) in [6, 6.07) is 12.5. The van der Waals surface area contributed by atoms with E-state index in [-0.39, 0.29) is 12.0 Å². The van der Waals surface area contributed by atoms with Crippen molar-refractivity contribution in [1.82, 2.24) is 0 Å². The average molecular weight is 404 g/mol. The Balaban J connectivity index is 1.59. The Morgan fingerprint density at radius 2 is 1.69 bits per heavy atom. The van der Waals surface area contributed by atoms with E-state index in [0.717, 1.165) is 24.4 Å². The number of hydrogen-bond donors (Lipinski definition) is 1. The molecule has 3 nitrogen and oxygen atoms in total. The number of carbonyl (C=O) groups is 1. The van der Waals surface area contributed by atoms with Gasteiger partial charge in [0.05, 0.1) is 11.6 Å². The second-order valence-electron chi connectivity index (χ2n) is 8.76. The Morgan fingerprint density at radius 3 is 2.45 bits per heavy atom. The number of fused-ring (bicyclic) bond motifs is 4. The molecule has 2 aliphatic heterocycles. The smallest absolute Gasteiger partial charge is 0.335 e. The van der Waals surface area contributed by atoms with Gasteiger partial charge in [-0.05, 0) is 65.6 Å². The lowest BCUT2D eigenvalue weighted by Gasteiger charge is -2.51.